The minimum atomic E-state index is 0. The number of nitrogens with one attached hydrogen (secondary N) is 2. The van der Waals surface area contributed by atoms with Crippen molar-refractivity contribution in [1.82, 2.24) is 10.6 Å². The van der Waals surface area contributed by atoms with Gasteiger partial charge in [0, 0.05) is 32.4 Å². The van der Waals surface area contributed by atoms with Crippen LogP contribution in [-0.2, 0) is 6.54 Å². The van der Waals surface area contributed by atoms with E-state index in [1.165, 1.54) is 42.7 Å². The number of hydrogen-bond donors (Lipinski definition) is 2. The second-order valence-corrected chi connectivity index (χ2v) is 6.57. The first-order valence-corrected chi connectivity index (χ1v) is 9.12. The van der Waals surface area contributed by atoms with Crippen LogP contribution in [0, 0.1) is 0 Å². The Bertz CT molecular complexity index is 696. The summed E-state index contributed by atoms with van der Waals surface area (Å²) in [6, 6.07) is 19.4. The van der Waals surface area contributed by atoms with Gasteiger partial charge >= 0.3 is 0 Å². The Morgan fingerprint density at radius 3 is 2.50 bits per heavy atom. The highest BCUT2D eigenvalue weighted by atomic mass is 127. The van der Waals surface area contributed by atoms with Crippen molar-refractivity contribution in [2.45, 2.75) is 32.4 Å². The summed E-state index contributed by atoms with van der Waals surface area (Å²) in [6.07, 6.45) is 2.60. The molecule has 0 amide bonds. The van der Waals surface area contributed by atoms with E-state index in [9.17, 15) is 0 Å². The van der Waals surface area contributed by atoms with Gasteiger partial charge < -0.3 is 15.5 Å². The van der Waals surface area contributed by atoms with Gasteiger partial charge in [0.25, 0.3) is 0 Å². The second-order valence-electron chi connectivity index (χ2n) is 6.57. The van der Waals surface area contributed by atoms with E-state index in [-0.39, 0.29) is 30.0 Å². The van der Waals surface area contributed by atoms with E-state index in [4.69, 9.17) is 0 Å². The van der Waals surface area contributed by atoms with Crippen molar-refractivity contribution in [3.05, 3.63) is 65.7 Å². The molecule has 0 aromatic heterocycles. The smallest absolute Gasteiger partial charge is 0.191 e. The van der Waals surface area contributed by atoms with Crippen molar-refractivity contribution in [1.29, 1.82) is 0 Å². The Morgan fingerprint density at radius 2 is 1.81 bits per heavy atom. The molecule has 1 atom stereocenters. The highest BCUT2D eigenvalue weighted by Gasteiger charge is 2.14. The summed E-state index contributed by atoms with van der Waals surface area (Å²) in [5.74, 6) is 0.822. The van der Waals surface area contributed by atoms with Crippen molar-refractivity contribution in [2.24, 2.45) is 4.99 Å². The molecule has 140 valence electrons. The minimum absolute atomic E-state index is 0. The van der Waals surface area contributed by atoms with Gasteiger partial charge in [-0.3, -0.25) is 4.99 Å². The molecule has 1 fully saturated rings. The Kier molecular flexibility index (Phi) is 8.22. The van der Waals surface area contributed by atoms with Crippen molar-refractivity contribution < 1.29 is 0 Å². The normalized spacial score (nSPS) is 15.3. The maximum atomic E-state index is 4.35. The van der Waals surface area contributed by atoms with Gasteiger partial charge in [-0.15, -0.1) is 24.0 Å². The van der Waals surface area contributed by atoms with Crippen molar-refractivity contribution in [2.75, 3.05) is 25.0 Å². The van der Waals surface area contributed by atoms with Crippen molar-refractivity contribution in [3.8, 4) is 0 Å². The Hall–Kier alpha value is -1.76. The number of halogens is 1. The van der Waals surface area contributed by atoms with Crippen LogP contribution in [0.4, 0.5) is 5.69 Å². The maximum Gasteiger partial charge on any atom is 0.191 e. The number of hydrogen-bond acceptors (Lipinski definition) is 2. The fourth-order valence-electron chi connectivity index (χ4n) is 3.23. The van der Waals surface area contributed by atoms with Crippen LogP contribution < -0.4 is 15.5 Å². The number of nitrogens with zero attached hydrogens (tertiary/aromatic N) is 2. The molecule has 0 aliphatic carbocycles. The molecule has 0 saturated carbocycles. The predicted molar refractivity (Wildman–Crippen MR) is 121 cm³/mol. The quantitative estimate of drug-likeness (QED) is 0.393. The van der Waals surface area contributed by atoms with Gasteiger partial charge in [0.05, 0.1) is 6.04 Å². The number of guanidine groups is 1. The Morgan fingerprint density at radius 1 is 1.08 bits per heavy atom. The molecule has 2 aromatic rings. The van der Waals surface area contributed by atoms with E-state index in [1.807, 2.05) is 13.1 Å². The van der Waals surface area contributed by atoms with E-state index in [0.717, 1.165) is 12.5 Å². The van der Waals surface area contributed by atoms with Gasteiger partial charge in [0.2, 0.25) is 0 Å². The van der Waals surface area contributed by atoms with Gasteiger partial charge in [-0.25, -0.2) is 0 Å². The monoisotopic (exact) mass is 464 g/mol. The third-order valence-corrected chi connectivity index (χ3v) is 4.72. The van der Waals surface area contributed by atoms with E-state index in [1.54, 1.807) is 0 Å². The van der Waals surface area contributed by atoms with E-state index < -0.39 is 0 Å². The highest BCUT2D eigenvalue weighted by molar-refractivity contribution is 14.0. The molecular weight excluding hydrogens is 435 g/mol. The lowest BCUT2D eigenvalue weighted by Crippen LogP contribution is -2.38. The number of benzene rings is 2. The fourth-order valence-corrected chi connectivity index (χ4v) is 3.23. The maximum absolute atomic E-state index is 4.35. The lowest BCUT2D eigenvalue weighted by molar-refractivity contribution is 0.685. The summed E-state index contributed by atoms with van der Waals surface area (Å²) < 4.78 is 0. The first kappa shape index (κ1) is 20.6. The molecule has 0 radical (unpaired) electrons. The molecule has 26 heavy (non-hydrogen) atoms. The molecule has 5 heteroatoms. The number of anilines is 1. The van der Waals surface area contributed by atoms with Crippen LogP contribution in [0.15, 0.2) is 59.6 Å². The lowest BCUT2D eigenvalue weighted by atomic mass is 10.1. The Labute approximate surface area is 174 Å². The number of aliphatic imine (C=N–C) groups is 1. The van der Waals surface area contributed by atoms with Gasteiger partial charge in [-0.05, 0) is 43.0 Å². The molecule has 1 heterocycles. The molecule has 0 bridgehead atoms. The summed E-state index contributed by atoms with van der Waals surface area (Å²) in [5.41, 5.74) is 3.86. The topological polar surface area (TPSA) is 39.7 Å². The van der Waals surface area contributed by atoms with Gasteiger partial charge in [-0.2, -0.15) is 0 Å². The first-order valence-electron chi connectivity index (χ1n) is 9.12. The molecule has 2 aromatic carbocycles. The van der Waals surface area contributed by atoms with Crippen LogP contribution in [0.25, 0.3) is 0 Å². The average Bonchev–Trinajstić information content (AvgIpc) is 3.20. The van der Waals surface area contributed by atoms with Crippen molar-refractivity contribution >= 4 is 35.6 Å². The third-order valence-electron chi connectivity index (χ3n) is 4.72. The summed E-state index contributed by atoms with van der Waals surface area (Å²) in [5, 5.41) is 6.88. The van der Waals surface area contributed by atoms with Gasteiger partial charge in [-0.1, -0.05) is 42.5 Å². The summed E-state index contributed by atoms with van der Waals surface area (Å²) in [6.45, 7) is 5.29. The van der Waals surface area contributed by atoms with Crippen LogP contribution in [0.2, 0.25) is 0 Å². The molecule has 2 N–H and O–H groups in total. The predicted octanol–water partition coefficient (Wildman–Crippen LogP) is 4.33. The van der Waals surface area contributed by atoms with Crippen LogP contribution in [0.5, 0.6) is 0 Å². The molecular formula is C21H29IN4. The zero-order valence-corrected chi connectivity index (χ0v) is 17.9. The minimum Gasteiger partial charge on any atom is -0.372 e. The van der Waals surface area contributed by atoms with Crippen LogP contribution >= 0.6 is 24.0 Å². The second kappa shape index (κ2) is 10.4. The summed E-state index contributed by atoms with van der Waals surface area (Å²) in [4.78, 5) is 6.82. The molecule has 3 rings (SSSR count). The average molecular weight is 464 g/mol. The largest absolute Gasteiger partial charge is 0.372 e. The molecule has 4 nitrogen and oxygen atoms in total. The summed E-state index contributed by atoms with van der Waals surface area (Å²) in [7, 11) is 1.81. The van der Waals surface area contributed by atoms with E-state index in [2.05, 4.69) is 76.0 Å². The van der Waals surface area contributed by atoms with Crippen molar-refractivity contribution in [3.63, 3.8) is 0 Å². The van der Waals surface area contributed by atoms with Crippen LogP contribution in [0.1, 0.15) is 36.9 Å². The molecule has 1 unspecified atom stereocenters. The molecule has 1 aliphatic heterocycles. The number of rotatable bonds is 5. The van der Waals surface area contributed by atoms with E-state index >= 15 is 0 Å². The first-order chi connectivity index (χ1) is 12.3. The van der Waals surface area contributed by atoms with Crippen LogP contribution in [-0.4, -0.2) is 26.1 Å². The molecule has 1 saturated heterocycles. The zero-order valence-electron chi connectivity index (χ0n) is 15.6. The van der Waals surface area contributed by atoms with Gasteiger partial charge in [0.1, 0.15) is 0 Å². The molecule has 0 spiro atoms. The van der Waals surface area contributed by atoms with E-state index in [0.29, 0.717) is 0 Å². The standard InChI is InChI=1S/C21H28N4.HI/c1-17(19-11-8-12-20(15-19)25-13-6-7-14-25)24-21(22-2)23-16-18-9-4-3-5-10-18;/h3-5,8-12,15,17H,6-7,13-14,16H2,1-2H3,(H2,22,23,24);1H. The zero-order chi connectivity index (χ0) is 17.5. The van der Waals surface area contributed by atoms with Crippen LogP contribution in [0.3, 0.4) is 0 Å². The Balaban J connectivity index is 0.00000243. The fraction of sp³-hybridized carbons (Fsp3) is 0.381. The molecule has 1 aliphatic rings. The SMILES string of the molecule is CN=C(NCc1ccccc1)NC(C)c1cccc(N2CCCC2)c1.I. The third kappa shape index (κ3) is 5.62. The highest BCUT2D eigenvalue weighted by Crippen LogP contribution is 2.23. The van der Waals surface area contributed by atoms with Gasteiger partial charge in [0.15, 0.2) is 5.96 Å². The lowest BCUT2D eigenvalue weighted by Gasteiger charge is -2.22. The summed E-state index contributed by atoms with van der Waals surface area (Å²) >= 11 is 0.